The molecule has 0 unspecified atom stereocenters. The predicted molar refractivity (Wildman–Crippen MR) is 146 cm³/mol. The molecule has 0 aromatic heterocycles. The average molecular weight is 520 g/mol. The van der Waals surface area contributed by atoms with Crippen LogP contribution in [0.1, 0.15) is 57.9 Å². The van der Waals surface area contributed by atoms with Crippen molar-refractivity contribution in [1.29, 1.82) is 0 Å². The number of halogens is 1. The van der Waals surface area contributed by atoms with Crippen LogP contribution >= 0.6 is 23.9 Å². The molecule has 1 saturated heterocycles. The Labute approximate surface area is 219 Å². The van der Waals surface area contributed by atoms with Crippen molar-refractivity contribution in [2.75, 3.05) is 29.9 Å². The lowest BCUT2D eigenvalue weighted by molar-refractivity contribution is 0.0118. The van der Waals surface area contributed by atoms with Crippen LogP contribution in [-0.4, -0.2) is 36.9 Å². The van der Waals surface area contributed by atoms with Gasteiger partial charge >= 0.3 is 0 Å². The summed E-state index contributed by atoms with van der Waals surface area (Å²) in [5.41, 5.74) is 5.67. The SMILES string of the molecule is CC(C)OSONC1CCC(CNc2ccc(N3CCC(O)(c4ccc(Cl)cc4)CC3)cc2)CC1. The Balaban J connectivity index is 1.17. The van der Waals surface area contributed by atoms with E-state index in [1.54, 1.807) is 0 Å². The molecule has 4 rings (SSSR count). The van der Waals surface area contributed by atoms with Crippen LogP contribution in [0, 0.1) is 5.92 Å². The summed E-state index contributed by atoms with van der Waals surface area (Å²) in [4.78, 5) is 2.36. The van der Waals surface area contributed by atoms with Gasteiger partial charge in [0.2, 0.25) is 0 Å². The van der Waals surface area contributed by atoms with Gasteiger partial charge in [-0.1, -0.05) is 23.7 Å². The molecule has 1 aliphatic heterocycles. The number of rotatable bonds is 10. The van der Waals surface area contributed by atoms with E-state index in [-0.39, 0.29) is 6.10 Å². The first-order chi connectivity index (χ1) is 16.9. The predicted octanol–water partition coefficient (Wildman–Crippen LogP) is 6.31. The highest BCUT2D eigenvalue weighted by Gasteiger charge is 2.34. The van der Waals surface area contributed by atoms with Crippen molar-refractivity contribution in [1.82, 2.24) is 5.48 Å². The molecule has 1 heterocycles. The molecule has 0 atom stereocenters. The summed E-state index contributed by atoms with van der Waals surface area (Å²) >= 11 is 7.04. The van der Waals surface area contributed by atoms with Crippen LogP contribution in [0.25, 0.3) is 0 Å². The topological polar surface area (TPSA) is 66.0 Å². The Bertz CT molecular complexity index is 897. The number of nitrogens with one attached hydrogen (secondary N) is 2. The minimum atomic E-state index is -0.774. The molecule has 3 N–H and O–H groups in total. The van der Waals surface area contributed by atoms with Gasteiger partial charge in [0.05, 0.1) is 11.7 Å². The van der Waals surface area contributed by atoms with Gasteiger partial charge in [-0.15, -0.1) is 0 Å². The Morgan fingerprint density at radius 1 is 1.03 bits per heavy atom. The molecule has 35 heavy (non-hydrogen) atoms. The monoisotopic (exact) mass is 519 g/mol. The molecular formula is C27H38ClN3O3S. The number of aliphatic hydroxyl groups is 1. The molecule has 2 aliphatic rings. The van der Waals surface area contributed by atoms with Gasteiger partial charge in [0.25, 0.3) is 0 Å². The molecule has 1 saturated carbocycles. The van der Waals surface area contributed by atoms with Crippen molar-refractivity contribution in [3.63, 3.8) is 0 Å². The third-order valence-electron chi connectivity index (χ3n) is 7.13. The van der Waals surface area contributed by atoms with E-state index >= 15 is 0 Å². The summed E-state index contributed by atoms with van der Waals surface area (Å²) in [6.45, 7) is 6.62. The smallest absolute Gasteiger partial charge is 0.178 e. The second-order valence-corrected chi connectivity index (χ2v) is 11.0. The van der Waals surface area contributed by atoms with Gasteiger partial charge in [-0.25, -0.2) is 4.28 Å². The van der Waals surface area contributed by atoms with Gasteiger partial charge < -0.3 is 15.3 Å². The third-order valence-corrected chi connectivity index (χ3v) is 8.01. The van der Waals surface area contributed by atoms with Crippen molar-refractivity contribution in [2.45, 2.75) is 70.1 Å². The van der Waals surface area contributed by atoms with Crippen molar-refractivity contribution >= 4 is 35.3 Å². The van der Waals surface area contributed by atoms with Crippen molar-refractivity contribution < 1.29 is 13.6 Å². The van der Waals surface area contributed by atoms with Gasteiger partial charge in [-0.05, 0) is 100 Å². The Hall–Kier alpha value is -1.48. The molecule has 2 aromatic carbocycles. The highest BCUT2D eigenvalue weighted by atomic mass is 35.5. The maximum atomic E-state index is 11.1. The molecular weight excluding hydrogens is 482 g/mol. The van der Waals surface area contributed by atoms with E-state index in [4.69, 9.17) is 20.1 Å². The van der Waals surface area contributed by atoms with E-state index < -0.39 is 5.60 Å². The van der Waals surface area contributed by atoms with E-state index in [0.29, 0.717) is 29.8 Å². The van der Waals surface area contributed by atoms with E-state index in [9.17, 15) is 5.11 Å². The highest BCUT2D eigenvalue weighted by molar-refractivity contribution is 7.89. The fourth-order valence-corrected chi connectivity index (χ4v) is 5.40. The number of piperidine rings is 1. The first-order valence-electron chi connectivity index (χ1n) is 12.7. The average Bonchev–Trinajstić information content (AvgIpc) is 2.87. The van der Waals surface area contributed by atoms with Crippen LogP contribution in [0.5, 0.6) is 0 Å². The van der Waals surface area contributed by atoms with Gasteiger partial charge in [0.15, 0.2) is 12.3 Å². The fraction of sp³-hybridized carbons (Fsp3) is 0.556. The summed E-state index contributed by atoms with van der Waals surface area (Å²) in [5.74, 6) is 0.680. The minimum absolute atomic E-state index is 0.151. The van der Waals surface area contributed by atoms with Crippen LogP contribution in [0.15, 0.2) is 48.5 Å². The third kappa shape index (κ3) is 7.75. The number of hydrogen-bond donors (Lipinski definition) is 3. The van der Waals surface area contributed by atoms with Crippen LogP contribution < -0.4 is 15.7 Å². The standard InChI is InChI=1S/C27H38ClN3O3S/c1-20(2)33-35-34-30-25-9-3-21(4-10-25)19-29-24-11-13-26(14-12-24)31-17-15-27(32,16-18-31)22-5-7-23(28)8-6-22/h5-8,11-14,20-21,25,29-30,32H,3-4,9-10,15-19H2,1-2H3. The molecule has 0 radical (unpaired) electrons. The number of hydrogen-bond acceptors (Lipinski definition) is 7. The lowest BCUT2D eigenvalue weighted by Crippen LogP contribution is -2.42. The maximum Gasteiger partial charge on any atom is 0.178 e. The lowest BCUT2D eigenvalue weighted by atomic mass is 9.84. The summed E-state index contributed by atoms with van der Waals surface area (Å²) in [5, 5.41) is 15.4. The molecule has 0 bridgehead atoms. The number of anilines is 2. The van der Waals surface area contributed by atoms with Gasteiger partial charge in [0, 0.05) is 42.1 Å². The zero-order valence-corrected chi connectivity index (χ0v) is 22.3. The molecule has 1 aliphatic carbocycles. The maximum absolute atomic E-state index is 11.1. The molecule has 0 amide bonds. The first kappa shape index (κ1) is 26.6. The van der Waals surface area contributed by atoms with Crippen LogP contribution in [-0.2, 0) is 14.1 Å². The van der Waals surface area contributed by atoms with Crippen molar-refractivity contribution in [2.24, 2.45) is 5.92 Å². The summed E-state index contributed by atoms with van der Waals surface area (Å²) < 4.78 is 10.7. The van der Waals surface area contributed by atoms with Crippen molar-refractivity contribution in [3.05, 3.63) is 59.1 Å². The molecule has 2 fully saturated rings. The number of hydroxylamine groups is 1. The van der Waals surface area contributed by atoms with Crippen LogP contribution in [0.2, 0.25) is 5.02 Å². The second kappa shape index (κ2) is 12.7. The zero-order valence-electron chi connectivity index (χ0n) is 20.7. The summed E-state index contributed by atoms with van der Waals surface area (Å²) in [6.07, 6.45) is 6.17. The summed E-state index contributed by atoms with van der Waals surface area (Å²) in [6, 6.07) is 16.7. The zero-order chi connectivity index (χ0) is 24.7. The highest BCUT2D eigenvalue weighted by Crippen LogP contribution is 2.35. The molecule has 0 spiro atoms. The fourth-order valence-electron chi connectivity index (χ4n) is 4.91. The molecule has 2 aromatic rings. The van der Waals surface area contributed by atoms with Gasteiger partial charge in [-0.3, -0.25) is 4.18 Å². The Kier molecular flexibility index (Phi) is 9.61. The van der Waals surface area contributed by atoms with E-state index in [1.807, 2.05) is 38.1 Å². The van der Waals surface area contributed by atoms with Crippen molar-refractivity contribution in [3.8, 4) is 0 Å². The Morgan fingerprint density at radius 2 is 1.69 bits per heavy atom. The number of benzene rings is 2. The van der Waals surface area contributed by atoms with Crippen LogP contribution in [0.3, 0.4) is 0 Å². The van der Waals surface area contributed by atoms with E-state index in [0.717, 1.165) is 56.1 Å². The second-order valence-electron chi connectivity index (χ2n) is 10.1. The largest absolute Gasteiger partial charge is 0.385 e. The van der Waals surface area contributed by atoms with E-state index in [2.05, 4.69) is 40.0 Å². The van der Waals surface area contributed by atoms with Crippen LogP contribution in [0.4, 0.5) is 11.4 Å². The normalized spacial score (nSPS) is 22.4. The molecule has 6 nitrogen and oxygen atoms in total. The minimum Gasteiger partial charge on any atom is -0.385 e. The lowest BCUT2D eigenvalue weighted by Gasteiger charge is -2.39. The van der Waals surface area contributed by atoms with Gasteiger partial charge in [-0.2, -0.15) is 5.48 Å². The Morgan fingerprint density at radius 3 is 2.31 bits per heavy atom. The number of nitrogens with zero attached hydrogens (tertiary/aromatic N) is 1. The quantitative estimate of drug-likeness (QED) is 0.193. The molecule has 192 valence electrons. The van der Waals surface area contributed by atoms with Gasteiger partial charge in [0.1, 0.15) is 0 Å². The van der Waals surface area contributed by atoms with E-state index in [1.165, 1.54) is 18.5 Å². The molecule has 8 heteroatoms. The summed E-state index contributed by atoms with van der Waals surface area (Å²) in [7, 11) is 0. The first-order valence-corrected chi connectivity index (χ1v) is 13.8.